The zero-order chi connectivity index (χ0) is 17.1. The number of carbonyl (C=O) groups excluding carboxylic acids is 2. The summed E-state index contributed by atoms with van der Waals surface area (Å²) in [5.41, 5.74) is 0. The summed E-state index contributed by atoms with van der Waals surface area (Å²) in [5.74, 6) is -1.12. The highest BCUT2D eigenvalue weighted by Crippen LogP contribution is 2.41. The van der Waals surface area contributed by atoms with Crippen LogP contribution in [0.5, 0.6) is 0 Å². The third-order valence-electron chi connectivity index (χ3n) is 5.00. The molecule has 0 spiro atoms. The van der Waals surface area contributed by atoms with Crippen LogP contribution in [0.2, 0.25) is 18.1 Å². The lowest BCUT2D eigenvalue weighted by Crippen LogP contribution is -2.47. The molecule has 0 saturated heterocycles. The Morgan fingerprint density at radius 3 is 1.64 bits per heavy atom. The molecule has 1 saturated carbocycles. The molecule has 5 nitrogen and oxygen atoms in total. The average molecular weight is 330 g/mol. The first-order chi connectivity index (χ1) is 10.0. The first kappa shape index (κ1) is 19.2. The molecule has 0 aromatic rings. The van der Waals surface area contributed by atoms with Gasteiger partial charge in [-0.05, 0) is 37.4 Å². The minimum atomic E-state index is -1.95. The first-order valence-corrected chi connectivity index (χ1v) is 10.8. The molecule has 0 aromatic carbocycles. The van der Waals surface area contributed by atoms with Gasteiger partial charge in [0.1, 0.15) is 0 Å². The van der Waals surface area contributed by atoms with E-state index in [0.29, 0.717) is 19.3 Å². The molecular weight excluding hydrogens is 300 g/mol. The standard InChI is InChI=1S/C16H30O5Si/c1-16(2,3)22(6,7)21-13-9-11(14(17)19-4)8-12(10-13)15(18)20-5/h11-13H,8-10H2,1-7H3/t11-,12+,13?. The summed E-state index contributed by atoms with van der Waals surface area (Å²) in [6.45, 7) is 10.9. The van der Waals surface area contributed by atoms with Gasteiger partial charge < -0.3 is 13.9 Å². The van der Waals surface area contributed by atoms with E-state index in [-0.39, 0.29) is 34.9 Å². The molecule has 22 heavy (non-hydrogen) atoms. The molecule has 3 atom stereocenters. The second kappa shape index (κ2) is 7.13. The Kier molecular flexibility index (Phi) is 6.21. The number of hydrogen-bond donors (Lipinski definition) is 0. The van der Waals surface area contributed by atoms with Crippen LogP contribution in [0.3, 0.4) is 0 Å². The lowest BCUT2D eigenvalue weighted by Gasteiger charge is -2.42. The SMILES string of the molecule is COC(=O)[C@@H]1CC(O[Si](C)(C)C(C)(C)C)C[C@H](C(=O)OC)C1. The van der Waals surface area contributed by atoms with Gasteiger partial charge in [0.05, 0.1) is 26.1 Å². The molecule has 0 heterocycles. The number of rotatable bonds is 4. The molecule has 1 fully saturated rings. The normalized spacial score (nSPS) is 26.4. The molecule has 128 valence electrons. The van der Waals surface area contributed by atoms with Gasteiger partial charge in [-0.15, -0.1) is 0 Å². The highest BCUT2D eigenvalue weighted by atomic mass is 28.4. The van der Waals surface area contributed by atoms with Crippen molar-refractivity contribution in [1.29, 1.82) is 0 Å². The van der Waals surface area contributed by atoms with Crippen molar-refractivity contribution in [2.45, 2.75) is 64.3 Å². The van der Waals surface area contributed by atoms with Gasteiger partial charge in [0.2, 0.25) is 0 Å². The van der Waals surface area contributed by atoms with Crippen LogP contribution in [0, 0.1) is 11.8 Å². The number of esters is 2. The van der Waals surface area contributed by atoms with Gasteiger partial charge in [-0.2, -0.15) is 0 Å². The third kappa shape index (κ3) is 4.55. The molecule has 0 aliphatic heterocycles. The fourth-order valence-electron chi connectivity index (χ4n) is 2.67. The second-order valence-corrected chi connectivity index (χ2v) is 12.4. The summed E-state index contributed by atoms with van der Waals surface area (Å²) in [6.07, 6.45) is 1.62. The Labute approximate surface area is 134 Å². The first-order valence-electron chi connectivity index (χ1n) is 7.85. The van der Waals surface area contributed by atoms with E-state index in [9.17, 15) is 9.59 Å². The van der Waals surface area contributed by atoms with Crippen molar-refractivity contribution in [2.24, 2.45) is 11.8 Å². The van der Waals surface area contributed by atoms with E-state index in [4.69, 9.17) is 13.9 Å². The highest BCUT2D eigenvalue weighted by Gasteiger charge is 2.43. The molecule has 1 rings (SSSR count). The molecule has 0 amide bonds. The number of carbonyl (C=O) groups is 2. The van der Waals surface area contributed by atoms with Crippen molar-refractivity contribution >= 4 is 20.3 Å². The van der Waals surface area contributed by atoms with E-state index >= 15 is 0 Å². The summed E-state index contributed by atoms with van der Waals surface area (Å²) in [5, 5.41) is 0.0893. The van der Waals surface area contributed by atoms with Gasteiger partial charge in [-0.25, -0.2) is 0 Å². The summed E-state index contributed by atoms with van der Waals surface area (Å²) < 4.78 is 16.1. The van der Waals surface area contributed by atoms with E-state index in [0.717, 1.165) is 0 Å². The molecule has 0 bridgehead atoms. The smallest absolute Gasteiger partial charge is 0.308 e. The number of methoxy groups -OCH3 is 2. The molecule has 1 aliphatic carbocycles. The van der Waals surface area contributed by atoms with E-state index < -0.39 is 8.32 Å². The minimum Gasteiger partial charge on any atom is -0.469 e. The van der Waals surface area contributed by atoms with Crippen molar-refractivity contribution in [3.8, 4) is 0 Å². The molecule has 1 aliphatic rings. The van der Waals surface area contributed by atoms with E-state index in [1.807, 2.05) is 0 Å². The quantitative estimate of drug-likeness (QED) is 0.585. The van der Waals surface area contributed by atoms with Gasteiger partial charge in [0.15, 0.2) is 8.32 Å². The maximum Gasteiger partial charge on any atom is 0.308 e. The predicted octanol–water partition coefficient (Wildman–Crippen LogP) is 3.14. The van der Waals surface area contributed by atoms with Crippen LogP contribution in [0.15, 0.2) is 0 Å². The Morgan fingerprint density at radius 1 is 0.909 bits per heavy atom. The Balaban J connectivity index is 2.89. The van der Waals surface area contributed by atoms with Crippen LogP contribution in [0.1, 0.15) is 40.0 Å². The van der Waals surface area contributed by atoms with Crippen LogP contribution in [0.4, 0.5) is 0 Å². The lowest BCUT2D eigenvalue weighted by atomic mass is 9.80. The molecule has 1 unspecified atom stereocenters. The highest BCUT2D eigenvalue weighted by molar-refractivity contribution is 6.74. The lowest BCUT2D eigenvalue weighted by molar-refractivity contribution is -0.154. The summed E-state index contributed by atoms with van der Waals surface area (Å²) in [6, 6.07) is 0. The molecular formula is C16H30O5Si. The van der Waals surface area contributed by atoms with Crippen molar-refractivity contribution in [3.63, 3.8) is 0 Å². The maximum atomic E-state index is 11.9. The van der Waals surface area contributed by atoms with Gasteiger partial charge in [0.25, 0.3) is 0 Å². The van der Waals surface area contributed by atoms with Gasteiger partial charge in [0, 0.05) is 6.10 Å². The summed E-state index contributed by atoms with van der Waals surface area (Å²) in [7, 11) is 0.820. The minimum absolute atomic E-state index is 0.0893. The van der Waals surface area contributed by atoms with Crippen LogP contribution in [-0.4, -0.2) is 40.6 Å². The monoisotopic (exact) mass is 330 g/mol. The van der Waals surface area contributed by atoms with Crippen LogP contribution < -0.4 is 0 Å². The Hall–Kier alpha value is -0.883. The fraction of sp³-hybridized carbons (Fsp3) is 0.875. The molecule has 0 radical (unpaired) electrons. The number of ether oxygens (including phenoxy) is 2. The topological polar surface area (TPSA) is 61.8 Å². The zero-order valence-corrected chi connectivity index (χ0v) is 15.9. The van der Waals surface area contributed by atoms with Crippen LogP contribution in [0.25, 0.3) is 0 Å². The van der Waals surface area contributed by atoms with Crippen LogP contribution >= 0.6 is 0 Å². The molecule has 0 N–H and O–H groups in total. The zero-order valence-electron chi connectivity index (χ0n) is 14.9. The average Bonchev–Trinajstić information content (AvgIpc) is 2.43. The van der Waals surface area contributed by atoms with Crippen molar-refractivity contribution < 1.29 is 23.5 Å². The van der Waals surface area contributed by atoms with Gasteiger partial charge in [-0.1, -0.05) is 20.8 Å². The number of hydrogen-bond acceptors (Lipinski definition) is 5. The van der Waals surface area contributed by atoms with E-state index in [2.05, 4.69) is 33.9 Å². The van der Waals surface area contributed by atoms with Gasteiger partial charge in [-0.3, -0.25) is 9.59 Å². The fourth-order valence-corrected chi connectivity index (χ4v) is 4.05. The van der Waals surface area contributed by atoms with E-state index in [1.54, 1.807) is 0 Å². The predicted molar refractivity (Wildman–Crippen MR) is 86.9 cm³/mol. The Morgan fingerprint density at radius 2 is 1.32 bits per heavy atom. The Bertz CT molecular complexity index is 389. The largest absolute Gasteiger partial charge is 0.469 e. The van der Waals surface area contributed by atoms with Crippen LogP contribution in [-0.2, 0) is 23.5 Å². The summed E-state index contributed by atoms with van der Waals surface area (Å²) >= 11 is 0. The third-order valence-corrected chi connectivity index (χ3v) is 9.54. The van der Waals surface area contributed by atoms with Crippen molar-refractivity contribution in [3.05, 3.63) is 0 Å². The van der Waals surface area contributed by atoms with Crippen molar-refractivity contribution in [2.75, 3.05) is 14.2 Å². The van der Waals surface area contributed by atoms with Crippen molar-refractivity contribution in [1.82, 2.24) is 0 Å². The van der Waals surface area contributed by atoms with E-state index in [1.165, 1.54) is 14.2 Å². The second-order valence-electron chi connectivity index (χ2n) is 7.65. The molecule has 6 heteroatoms. The van der Waals surface area contributed by atoms with Gasteiger partial charge >= 0.3 is 11.9 Å². The molecule has 0 aromatic heterocycles. The summed E-state index contributed by atoms with van der Waals surface area (Å²) in [4.78, 5) is 23.8. The maximum absolute atomic E-state index is 11.9.